The molecule has 2 rings (SSSR count). The Morgan fingerprint density at radius 1 is 1.19 bits per heavy atom. The van der Waals surface area contributed by atoms with Gasteiger partial charge in [-0.3, -0.25) is 0 Å². The minimum atomic E-state index is -0.0190. The van der Waals surface area contributed by atoms with Crippen molar-refractivity contribution in [2.45, 2.75) is 39.8 Å². The van der Waals surface area contributed by atoms with E-state index in [0.717, 1.165) is 0 Å². The number of thiophene rings is 1. The molecule has 2 heterocycles. The van der Waals surface area contributed by atoms with Crippen LogP contribution in [-0.4, -0.2) is 21.1 Å². The number of anilines is 1. The molecule has 0 radical (unpaired) electrons. The molecule has 0 fully saturated rings. The summed E-state index contributed by atoms with van der Waals surface area (Å²) >= 11 is 7.64. The third-order valence-corrected chi connectivity index (χ3v) is 3.85. The van der Waals surface area contributed by atoms with Gasteiger partial charge in [0, 0.05) is 4.88 Å². The lowest BCUT2D eigenvalue weighted by Gasteiger charge is -2.21. The molecule has 114 valence electrons. The SMILES string of the molecule is CC(C)Oc1nc(Cl)nc(NC(c2cccs2)C(C)C)n1. The predicted molar refractivity (Wildman–Crippen MR) is 86.1 cm³/mol. The fraction of sp³-hybridized carbons (Fsp3) is 0.500. The van der Waals surface area contributed by atoms with Gasteiger partial charge in [-0.25, -0.2) is 0 Å². The molecular formula is C14H19ClN4OS. The first-order valence-electron chi connectivity index (χ1n) is 6.84. The van der Waals surface area contributed by atoms with Gasteiger partial charge in [-0.1, -0.05) is 19.9 Å². The van der Waals surface area contributed by atoms with Crippen LogP contribution in [0.15, 0.2) is 17.5 Å². The molecule has 5 nitrogen and oxygen atoms in total. The molecular weight excluding hydrogens is 308 g/mol. The smallest absolute Gasteiger partial charge is 0.322 e. The molecule has 0 amide bonds. The Morgan fingerprint density at radius 2 is 1.95 bits per heavy atom. The van der Waals surface area contributed by atoms with Crippen LogP contribution in [0.5, 0.6) is 6.01 Å². The molecule has 0 aliphatic heterocycles. The Balaban J connectivity index is 2.22. The standard InChI is InChI=1S/C14H19ClN4OS/c1-8(2)11(10-6-5-7-21-10)16-13-17-12(15)18-14(19-13)20-9(3)4/h5-9,11H,1-4H3,(H,16,17,18,19). The number of rotatable bonds is 6. The Kier molecular flexibility index (Phi) is 5.36. The maximum absolute atomic E-state index is 5.94. The Hall–Kier alpha value is -1.40. The van der Waals surface area contributed by atoms with E-state index >= 15 is 0 Å². The zero-order valence-corrected chi connectivity index (χ0v) is 14.1. The molecule has 0 aliphatic carbocycles. The first kappa shape index (κ1) is 16.0. The van der Waals surface area contributed by atoms with Crippen LogP contribution in [0, 0.1) is 5.92 Å². The van der Waals surface area contributed by atoms with Gasteiger partial charge in [0.1, 0.15) is 0 Å². The summed E-state index contributed by atoms with van der Waals surface area (Å²) < 4.78 is 5.48. The highest BCUT2D eigenvalue weighted by Crippen LogP contribution is 2.29. The van der Waals surface area contributed by atoms with Crippen LogP contribution in [0.3, 0.4) is 0 Å². The molecule has 2 aromatic heterocycles. The van der Waals surface area contributed by atoms with Crippen molar-refractivity contribution in [3.8, 4) is 6.01 Å². The average molecular weight is 327 g/mol. The molecule has 0 aliphatic rings. The molecule has 1 N–H and O–H groups in total. The van der Waals surface area contributed by atoms with Crippen LogP contribution in [0.1, 0.15) is 38.6 Å². The summed E-state index contributed by atoms with van der Waals surface area (Å²) in [5.74, 6) is 0.811. The van der Waals surface area contributed by atoms with Crippen LogP contribution in [0.25, 0.3) is 0 Å². The van der Waals surface area contributed by atoms with E-state index in [1.807, 2.05) is 19.9 Å². The number of hydrogen-bond acceptors (Lipinski definition) is 6. The van der Waals surface area contributed by atoms with E-state index < -0.39 is 0 Å². The van der Waals surface area contributed by atoms with Crippen molar-refractivity contribution in [1.82, 2.24) is 15.0 Å². The van der Waals surface area contributed by atoms with E-state index in [1.165, 1.54) is 4.88 Å². The lowest BCUT2D eigenvalue weighted by atomic mass is 10.0. The molecule has 2 aromatic rings. The number of halogens is 1. The number of nitrogens with one attached hydrogen (secondary N) is 1. The number of aromatic nitrogens is 3. The first-order valence-corrected chi connectivity index (χ1v) is 8.09. The van der Waals surface area contributed by atoms with E-state index in [0.29, 0.717) is 11.9 Å². The van der Waals surface area contributed by atoms with Gasteiger partial charge in [-0.15, -0.1) is 11.3 Å². The fourth-order valence-corrected chi connectivity index (χ4v) is 2.94. The lowest BCUT2D eigenvalue weighted by molar-refractivity contribution is 0.221. The van der Waals surface area contributed by atoms with E-state index in [-0.39, 0.29) is 23.4 Å². The summed E-state index contributed by atoms with van der Waals surface area (Å²) in [4.78, 5) is 13.6. The third-order valence-electron chi connectivity index (χ3n) is 2.73. The second-order valence-electron chi connectivity index (χ2n) is 5.26. The van der Waals surface area contributed by atoms with Gasteiger partial charge < -0.3 is 10.1 Å². The van der Waals surface area contributed by atoms with Gasteiger partial charge in [-0.2, -0.15) is 15.0 Å². The molecule has 0 saturated carbocycles. The fourth-order valence-electron chi connectivity index (χ4n) is 1.83. The van der Waals surface area contributed by atoms with Crippen molar-refractivity contribution < 1.29 is 4.74 Å². The third kappa shape index (κ3) is 4.54. The minimum absolute atomic E-state index is 0.0190. The van der Waals surface area contributed by atoms with Crippen molar-refractivity contribution >= 4 is 28.9 Å². The van der Waals surface area contributed by atoms with Crippen molar-refractivity contribution in [3.63, 3.8) is 0 Å². The monoisotopic (exact) mass is 326 g/mol. The summed E-state index contributed by atoms with van der Waals surface area (Å²) in [6.45, 7) is 8.11. The van der Waals surface area contributed by atoms with Crippen molar-refractivity contribution in [3.05, 3.63) is 27.7 Å². The maximum atomic E-state index is 5.94. The quantitative estimate of drug-likeness (QED) is 0.862. The summed E-state index contributed by atoms with van der Waals surface area (Å²) in [6, 6.07) is 4.48. The second-order valence-corrected chi connectivity index (χ2v) is 6.58. The number of ether oxygens (including phenoxy) is 1. The highest BCUT2D eigenvalue weighted by molar-refractivity contribution is 7.10. The Bertz CT molecular complexity index is 574. The Morgan fingerprint density at radius 3 is 2.52 bits per heavy atom. The zero-order chi connectivity index (χ0) is 15.4. The minimum Gasteiger partial charge on any atom is -0.461 e. The molecule has 0 spiro atoms. The highest BCUT2D eigenvalue weighted by Gasteiger charge is 2.19. The van der Waals surface area contributed by atoms with Crippen LogP contribution < -0.4 is 10.1 Å². The van der Waals surface area contributed by atoms with Gasteiger partial charge in [-0.05, 0) is 42.8 Å². The van der Waals surface area contributed by atoms with Crippen LogP contribution in [0.2, 0.25) is 5.28 Å². The van der Waals surface area contributed by atoms with Gasteiger partial charge in [0.2, 0.25) is 11.2 Å². The van der Waals surface area contributed by atoms with Crippen molar-refractivity contribution in [2.24, 2.45) is 5.92 Å². The molecule has 1 atom stereocenters. The van der Waals surface area contributed by atoms with E-state index in [1.54, 1.807) is 11.3 Å². The average Bonchev–Trinajstić information content (AvgIpc) is 2.87. The van der Waals surface area contributed by atoms with Crippen LogP contribution in [-0.2, 0) is 0 Å². The van der Waals surface area contributed by atoms with Gasteiger partial charge in [0.15, 0.2) is 0 Å². The largest absolute Gasteiger partial charge is 0.461 e. The molecule has 0 bridgehead atoms. The lowest BCUT2D eigenvalue weighted by Crippen LogP contribution is -2.18. The summed E-state index contributed by atoms with van der Waals surface area (Å²) in [5, 5.41) is 5.50. The first-order chi connectivity index (χ1) is 9.95. The van der Waals surface area contributed by atoms with Gasteiger partial charge >= 0.3 is 6.01 Å². The van der Waals surface area contributed by atoms with Gasteiger partial charge in [0.05, 0.1) is 12.1 Å². The van der Waals surface area contributed by atoms with Crippen LogP contribution >= 0.6 is 22.9 Å². The van der Waals surface area contributed by atoms with Crippen molar-refractivity contribution in [2.75, 3.05) is 5.32 Å². The molecule has 0 aromatic carbocycles. The molecule has 0 saturated heterocycles. The zero-order valence-electron chi connectivity index (χ0n) is 12.5. The topological polar surface area (TPSA) is 59.9 Å². The Labute approximate surface area is 133 Å². The van der Waals surface area contributed by atoms with E-state index in [2.05, 4.69) is 45.6 Å². The summed E-state index contributed by atoms with van der Waals surface area (Å²) in [7, 11) is 0. The normalized spacial score (nSPS) is 12.7. The van der Waals surface area contributed by atoms with Crippen molar-refractivity contribution in [1.29, 1.82) is 0 Å². The summed E-state index contributed by atoms with van der Waals surface area (Å²) in [6.07, 6.45) is -0.0190. The van der Waals surface area contributed by atoms with Crippen LogP contribution in [0.4, 0.5) is 5.95 Å². The van der Waals surface area contributed by atoms with Gasteiger partial charge in [0.25, 0.3) is 0 Å². The van der Waals surface area contributed by atoms with E-state index in [4.69, 9.17) is 16.3 Å². The highest BCUT2D eigenvalue weighted by atomic mass is 35.5. The predicted octanol–water partition coefficient (Wildman–Crippen LogP) is 4.18. The summed E-state index contributed by atoms with van der Waals surface area (Å²) in [5.41, 5.74) is 0. The molecule has 7 heteroatoms. The second kappa shape index (κ2) is 7.04. The number of hydrogen-bond donors (Lipinski definition) is 1. The molecule has 21 heavy (non-hydrogen) atoms. The van der Waals surface area contributed by atoms with E-state index in [9.17, 15) is 0 Å². The molecule has 1 unspecified atom stereocenters. The number of nitrogens with zero attached hydrogens (tertiary/aromatic N) is 3. The maximum Gasteiger partial charge on any atom is 0.322 e.